The van der Waals surface area contributed by atoms with Crippen molar-refractivity contribution in [3.63, 3.8) is 0 Å². The quantitative estimate of drug-likeness (QED) is 0.432. The van der Waals surface area contributed by atoms with Crippen molar-refractivity contribution in [2.24, 2.45) is 0 Å². The fourth-order valence-corrected chi connectivity index (χ4v) is 4.81. The van der Waals surface area contributed by atoms with Gasteiger partial charge in [0.05, 0.1) is 11.9 Å². The number of carbonyl (C=O) groups excluding carboxylic acids is 2. The zero-order valence-electron chi connectivity index (χ0n) is 20.2. The molecule has 2 atom stereocenters. The van der Waals surface area contributed by atoms with Gasteiger partial charge in [-0.15, -0.1) is 0 Å². The van der Waals surface area contributed by atoms with E-state index < -0.39 is 28.5 Å². The highest BCUT2D eigenvalue weighted by molar-refractivity contribution is 9.10. The minimum atomic E-state index is -3.74. The van der Waals surface area contributed by atoms with Gasteiger partial charge in [0, 0.05) is 17.1 Å². The number of carbonyl (C=O) groups is 2. The highest BCUT2D eigenvalue weighted by Gasteiger charge is 2.31. The van der Waals surface area contributed by atoms with Crippen molar-refractivity contribution in [2.45, 2.75) is 52.1 Å². The van der Waals surface area contributed by atoms with Crippen LogP contribution in [-0.4, -0.2) is 56.6 Å². The number of hydrogen-bond acceptors (Lipinski definition) is 4. The zero-order chi connectivity index (χ0) is 25.3. The predicted molar refractivity (Wildman–Crippen MR) is 140 cm³/mol. The van der Waals surface area contributed by atoms with E-state index >= 15 is 0 Å². The van der Waals surface area contributed by atoms with Crippen LogP contribution in [-0.2, 0) is 26.0 Å². The van der Waals surface area contributed by atoms with Crippen LogP contribution >= 0.6 is 15.9 Å². The van der Waals surface area contributed by atoms with Crippen LogP contribution in [0.25, 0.3) is 0 Å². The van der Waals surface area contributed by atoms with E-state index in [1.807, 2.05) is 51.1 Å². The molecule has 0 saturated heterocycles. The maximum absolute atomic E-state index is 13.6. The second-order valence-corrected chi connectivity index (χ2v) is 11.1. The number of hydrogen-bond donors (Lipinski definition) is 1. The predicted octanol–water partition coefficient (Wildman–Crippen LogP) is 3.98. The normalized spacial score (nSPS) is 13.1. The maximum atomic E-state index is 13.6. The Balaban J connectivity index is 2.36. The summed E-state index contributed by atoms with van der Waals surface area (Å²) < 4.78 is 27.0. The van der Waals surface area contributed by atoms with Crippen molar-refractivity contribution in [2.75, 3.05) is 23.7 Å². The largest absolute Gasteiger partial charge is 0.352 e. The Morgan fingerprint density at radius 2 is 1.71 bits per heavy atom. The average Bonchev–Trinajstić information content (AvgIpc) is 2.79. The number of halogens is 1. The summed E-state index contributed by atoms with van der Waals surface area (Å²) in [7, 11) is -3.74. The Morgan fingerprint density at radius 3 is 2.26 bits per heavy atom. The van der Waals surface area contributed by atoms with E-state index in [9.17, 15) is 18.0 Å². The zero-order valence-corrected chi connectivity index (χ0v) is 22.6. The molecular weight excluding hydrogens is 518 g/mol. The minimum Gasteiger partial charge on any atom is -0.352 e. The molecule has 9 heteroatoms. The number of amides is 2. The van der Waals surface area contributed by atoms with Crippen LogP contribution in [0.3, 0.4) is 0 Å². The Labute approximate surface area is 211 Å². The summed E-state index contributed by atoms with van der Waals surface area (Å²) in [5, 5.41) is 2.97. The number of sulfonamides is 1. The van der Waals surface area contributed by atoms with Crippen molar-refractivity contribution in [1.29, 1.82) is 0 Å². The number of nitrogens with zero attached hydrogens (tertiary/aromatic N) is 2. The topological polar surface area (TPSA) is 86.8 Å². The molecule has 186 valence electrons. The van der Waals surface area contributed by atoms with E-state index in [4.69, 9.17) is 0 Å². The summed E-state index contributed by atoms with van der Waals surface area (Å²) in [6.45, 7) is 5.65. The first-order valence-electron chi connectivity index (χ1n) is 11.4. The molecule has 0 heterocycles. The van der Waals surface area contributed by atoms with Crippen LogP contribution in [0.2, 0.25) is 0 Å². The van der Waals surface area contributed by atoms with Gasteiger partial charge in [0.25, 0.3) is 0 Å². The molecule has 7 nitrogen and oxygen atoms in total. The van der Waals surface area contributed by atoms with Crippen molar-refractivity contribution in [3.8, 4) is 0 Å². The van der Waals surface area contributed by atoms with Crippen molar-refractivity contribution in [3.05, 3.63) is 64.6 Å². The van der Waals surface area contributed by atoms with Gasteiger partial charge >= 0.3 is 0 Å². The molecule has 0 saturated carbocycles. The van der Waals surface area contributed by atoms with Crippen molar-refractivity contribution >= 4 is 43.5 Å². The van der Waals surface area contributed by atoms with E-state index in [1.165, 1.54) is 4.90 Å². The smallest absolute Gasteiger partial charge is 0.244 e. The summed E-state index contributed by atoms with van der Waals surface area (Å²) in [6.07, 6.45) is 2.81. The summed E-state index contributed by atoms with van der Waals surface area (Å²) >= 11 is 3.36. The van der Waals surface area contributed by atoms with Gasteiger partial charge in [-0.2, -0.15) is 0 Å². The molecule has 0 spiro atoms. The summed E-state index contributed by atoms with van der Waals surface area (Å²) in [6, 6.07) is 15.8. The third kappa shape index (κ3) is 8.13. The van der Waals surface area contributed by atoms with Crippen LogP contribution < -0.4 is 9.62 Å². The molecule has 0 unspecified atom stereocenters. The monoisotopic (exact) mass is 551 g/mol. The molecule has 0 radical (unpaired) electrons. The molecule has 2 rings (SSSR count). The molecule has 2 aromatic carbocycles. The Bertz CT molecular complexity index is 1060. The third-order valence-electron chi connectivity index (χ3n) is 5.65. The molecule has 0 aromatic heterocycles. The summed E-state index contributed by atoms with van der Waals surface area (Å²) in [5.41, 5.74) is 1.41. The van der Waals surface area contributed by atoms with Gasteiger partial charge in [-0.3, -0.25) is 13.9 Å². The fourth-order valence-electron chi connectivity index (χ4n) is 3.58. The number of nitrogens with one attached hydrogen (secondary N) is 1. The Kier molecular flexibility index (Phi) is 10.6. The van der Waals surface area contributed by atoms with Crippen LogP contribution in [0.4, 0.5) is 5.69 Å². The second kappa shape index (κ2) is 12.9. The van der Waals surface area contributed by atoms with Crippen molar-refractivity contribution < 1.29 is 18.0 Å². The van der Waals surface area contributed by atoms with E-state index in [1.54, 1.807) is 24.3 Å². The average molecular weight is 553 g/mol. The highest BCUT2D eigenvalue weighted by atomic mass is 79.9. The summed E-state index contributed by atoms with van der Waals surface area (Å²) in [5.74, 6) is -0.654. The van der Waals surface area contributed by atoms with Gasteiger partial charge in [0.2, 0.25) is 21.8 Å². The molecule has 1 N–H and O–H groups in total. The number of benzene rings is 2. The third-order valence-corrected chi connectivity index (χ3v) is 7.28. The van der Waals surface area contributed by atoms with Crippen LogP contribution in [0.5, 0.6) is 0 Å². The molecule has 0 fully saturated rings. The molecule has 2 amide bonds. The lowest BCUT2D eigenvalue weighted by molar-refractivity contribution is -0.139. The maximum Gasteiger partial charge on any atom is 0.244 e. The summed E-state index contributed by atoms with van der Waals surface area (Å²) in [4.78, 5) is 28.1. The van der Waals surface area contributed by atoms with Crippen LogP contribution in [0, 0.1) is 0 Å². The molecule has 0 bridgehead atoms. The number of rotatable bonds is 12. The minimum absolute atomic E-state index is 0.0261. The molecule has 0 aliphatic heterocycles. The van der Waals surface area contributed by atoms with Crippen LogP contribution in [0.1, 0.15) is 39.2 Å². The lowest BCUT2D eigenvalue weighted by Gasteiger charge is -2.33. The lowest BCUT2D eigenvalue weighted by Crippen LogP contribution is -2.54. The molecule has 0 aliphatic carbocycles. The standard InChI is InChI=1S/C25H34BrN3O4S/c1-5-19(3)27-25(31)23(6-2)28(16-15-20-11-8-7-9-12-20)24(30)18-29(34(4,32)33)22-14-10-13-21(26)17-22/h7-14,17,19,23H,5-6,15-16,18H2,1-4H3,(H,27,31)/t19-,23-/m0/s1. The van der Waals surface area contributed by atoms with E-state index in [0.29, 0.717) is 29.5 Å². The first kappa shape index (κ1) is 27.9. The Hall–Kier alpha value is -2.39. The molecule has 0 aliphatic rings. The van der Waals surface area contributed by atoms with Gasteiger partial charge in [0.15, 0.2) is 0 Å². The number of anilines is 1. The fraction of sp³-hybridized carbons (Fsp3) is 0.440. The van der Waals surface area contributed by atoms with Gasteiger partial charge in [-0.25, -0.2) is 8.42 Å². The van der Waals surface area contributed by atoms with E-state index in [0.717, 1.165) is 22.5 Å². The highest BCUT2D eigenvalue weighted by Crippen LogP contribution is 2.23. The van der Waals surface area contributed by atoms with Gasteiger partial charge in [0.1, 0.15) is 12.6 Å². The van der Waals surface area contributed by atoms with E-state index in [-0.39, 0.29) is 11.9 Å². The van der Waals surface area contributed by atoms with Gasteiger partial charge < -0.3 is 10.2 Å². The SMILES string of the molecule is CC[C@H](C)NC(=O)[C@H](CC)N(CCc1ccccc1)C(=O)CN(c1cccc(Br)c1)S(C)(=O)=O. The second-order valence-electron chi connectivity index (χ2n) is 8.31. The van der Waals surface area contributed by atoms with Crippen molar-refractivity contribution in [1.82, 2.24) is 10.2 Å². The van der Waals surface area contributed by atoms with Crippen LogP contribution in [0.15, 0.2) is 59.1 Å². The van der Waals surface area contributed by atoms with Gasteiger partial charge in [-0.1, -0.05) is 66.2 Å². The molecule has 34 heavy (non-hydrogen) atoms. The Morgan fingerprint density at radius 1 is 1.03 bits per heavy atom. The first-order valence-corrected chi connectivity index (χ1v) is 14.1. The lowest BCUT2D eigenvalue weighted by atomic mass is 10.1. The van der Waals surface area contributed by atoms with E-state index in [2.05, 4.69) is 21.2 Å². The molecular formula is C25H34BrN3O4S. The molecule has 2 aromatic rings. The first-order chi connectivity index (χ1) is 16.1. The van der Waals surface area contributed by atoms with Gasteiger partial charge in [-0.05, 0) is 49.9 Å².